The first-order valence-corrected chi connectivity index (χ1v) is 12.9. The summed E-state index contributed by atoms with van der Waals surface area (Å²) in [4.78, 5) is 29.2. The molecule has 4 heterocycles. The van der Waals surface area contributed by atoms with Crippen molar-refractivity contribution in [1.29, 1.82) is 0 Å². The normalized spacial score (nSPS) is 16.2. The Morgan fingerprint density at radius 3 is 2.69 bits per heavy atom. The fourth-order valence-corrected chi connectivity index (χ4v) is 5.54. The quantitative estimate of drug-likeness (QED) is 0.402. The van der Waals surface area contributed by atoms with E-state index in [0.29, 0.717) is 17.4 Å². The molecule has 8 nitrogen and oxygen atoms in total. The predicted molar refractivity (Wildman–Crippen MR) is 134 cm³/mol. The molecule has 0 unspecified atom stereocenters. The number of H-pyrrole nitrogens is 1. The molecule has 0 aliphatic carbocycles. The highest BCUT2D eigenvalue weighted by molar-refractivity contribution is 7.99. The minimum absolute atomic E-state index is 0.0718. The van der Waals surface area contributed by atoms with Gasteiger partial charge in [-0.1, -0.05) is 50.7 Å². The molecule has 1 N–H and O–H groups in total. The first kappa shape index (κ1) is 23.4. The number of thiophene rings is 1. The molecule has 1 aliphatic rings. The first-order chi connectivity index (χ1) is 16.7. The van der Waals surface area contributed by atoms with Crippen LogP contribution in [0.4, 0.5) is 4.39 Å². The van der Waals surface area contributed by atoms with Crippen molar-refractivity contribution in [2.45, 2.75) is 43.8 Å². The molecule has 11 heteroatoms. The van der Waals surface area contributed by atoms with E-state index in [4.69, 9.17) is 0 Å². The summed E-state index contributed by atoms with van der Waals surface area (Å²) in [5.74, 6) is -0.122. The standard InChI is InChI=1S/C24H23FN6O2S2/c1-24(2,3)19-12-20(32)26-22-27-28-23(30(19)22)35-13-21(33)31-17(14-6-8-15(25)9-7-14)11-16(29-31)18-5-4-10-34-18/h4-10,12,17H,11,13H2,1-3H3,(H,26,27,32)/t17-/m1/s1. The van der Waals surface area contributed by atoms with Crippen LogP contribution in [0.15, 0.2) is 62.9 Å². The largest absolute Gasteiger partial charge is 0.291 e. The second-order valence-electron chi connectivity index (χ2n) is 9.23. The Morgan fingerprint density at radius 1 is 1.23 bits per heavy atom. The summed E-state index contributed by atoms with van der Waals surface area (Å²) in [5.41, 5.74) is 1.81. The van der Waals surface area contributed by atoms with Crippen LogP contribution in [0.5, 0.6) is 0 Å². The number of nitrogens with one attached hydrogen (secondary N) is 1. The van der Waals surface area contributed by atoms with Crippen LogP contribution < -0.4 is 5.56 Å². The maximum atomic E-state index is 13.5. The molecule has 0 bridgehead atoms. The number of amides is 1. The minimum Gasteiger partial charge on any atom is -0.291 e. The van der Waals surface area contributed by atoms with E-state index in [1.807, 2.05) is 38.3 Å². The monoisotopic (exact) mass is 510 g/mol. The number of aromatic amines is 1. The number of hydrazone groups is 1. The third-order valence-corrected chi connectivity index (χ3v) is 7.53. The van der Waals surface area contributed by atoms with Gasteiger partial charge in [-0.05, 0) is 29.1 Å². The Balaban J connectivity index is 1.43. The third kappa shape index (κ3) is 4.65. The summed E-state index contributed by atoms with van der Waals surface area (Å²) in [6.45, 7) is 6.00. The molecule has 0 fully saturated rings. The summed E-state index contributed by atoms with van der Waals surface area (Å²) < 4.78 is 15.3. The zero-order valence-corrected chi connectivity index (χ0v) is 21.0. The molecule has 1 aromatic carbocycles. The lowest BCUT2D eigenvalue weighted by Crippen LogP contribution is -2.28. The summed E-state index contributed by atoms with van der Waals surface area (Å²) in [6, 6.07) is 11.3. The van der Waals surface area contributed by atoms with Crippen molar-refractivity contribution in [3.8, 4) is 0 Å². The third-order valence-electron chi connectivity index (χ3n) is 5.70. The van der Waals surface area contributed by atoms with Gasteiger partial charge in [0.15, 0.2) is 5.16 Å². The van der Waals surface area contributed by atoms with Crippen LogP contribution in [0.25, 0.3) is 5.78 Å². The number of hydrogen-bond donors (Lipinski definition) is 1. The molecule has 5 rings (SSSR count). The van der Waals surface area contributed by atoms with Crippen molar-refractivity contribution < 1.29 is 9.18 Å². The van der Waals surface area contributed by atoms with Gasteiger partial charge in [0.2, 0.25) is 5.78 Å². The van der Waals surface area contributed by atoms with E-state index in [2.05, 4.69) is 20.3 Å². The van der Waals surface area contributed by atoms with Crippen LogP contribution in [-0.4, -0.2) is 42.0 Å². The first-order valence-electron chi connectivity index (χ1n) is 11.0. The summed E-state index contributed by atoms with van der Waals surface area (Å²) in [7, 11) is 0. The van der Waals surface area contributed by atoms with Gasteiger partial charge in [0.1, 0.15) is 5.82 Å². The number of thioether (sulfide) groups is 1. The number of benzene rings is 1. The molecule has 1 amide bonds. The summed E-state index contributed by atoms with van der Waals surface area (Å²) in [6.07, 6.45) is 0.547. The number of carbonyl (C=O) groups excluding carboxylic acids is 1. The van der Waals surface area contributed by atoms with Gasteiger partial charge < -0.3 is 0 Å². The smallest absolute Gasteiger partial charge is 0.253 e. The van der Waals surface area contributed by atoms with Gasteiger partial charge in [0.25, 0.3) is 11.5 Å². The predicted octanol–water partition coefficient (Wildman–Crippen LogP) is 4.39. The minimum atomic E-state index is -0.337. The Labute approximate surface area is 208 Å². The summed E-state index contributed by atoms with van der Waals surface area (Å²) in [5, 5.41) is 16.9. The number of nitrogens with zero attached hydrogens (tertiary/aromatic N) is 5. The molecule has 180 valence electrons. The molecule has 1 atom stereocenters. The van der Waals surface area contributed by atoms with Gasteiger partial charge in [-0.3, -0.25) is 19.0 Å². The average molecular weight is 511 g/mol. The van der Waals surface area contributed by atoms with Crippen LogP contribution in [0.2, 0.25) is 0 Å². The number of aromatic nitrogens is 4. The van der Waals surface area contributed by atoms with E-state index >= 15 is 0 Å². The van der Waals surface area contributed by atoms with Crippen LogP contribution in [-0.2, 0) is 10.2 Å². The van der Waals surface area contributed by atoms with Crippen LogP contribution in [0, 0.1) is 5.82 Å². The topological polar surface area (TPSA) is 95.7 Å². The molecule has 3 aromatic heterocycles. The Kier molecular flexibility index (Phi) is 6.06. The SMILES string of the molecule is CC(C)(C)c1cc(=O)[nH]c2nnc(SCC(=O)N3N=C(c4cccs4)C[C@@H]3c3ccc(F)cc3)n12. The van der Waals surface area contributed by atoms with E-state index < -0.39 is 0 Å². The lowest BCUT2D eigenvalue weighted by Gasteiger charge is -2.22. The fraction of sp³-hybridized carbons (Fsp3) is 0.292. The lowest BCUT2D eigenvalue weighted by atomic mass is 9.92. The highest BCUT2D eigenvalue weighted by atomic mass is 32.2. The number of halogens is 1. The van der Waals surface area contributed by atoms with Crippen molar-refractivity contribution in [2.24, 2.45) is 5.10 Å². The van der Waals surface area contributed by atoms with E-state index in [1.54, 1.807) is 27.9 Å². The van der Waals surface area contributed by atoms with Gasteiger partial charge in [-0.15, -0.1) is 21.5 Å². The highest BCUT2D eigenvalue weighted by Crippen LogP contribution is 2.35. The Morgan fingerprint density at radius 2 is 2.00 bits per heavy atom. The summed E-state index contributed by atoms with van der Waals surface area (Å²) >= 11 is 2.80. The number of carbonyl (C=O) groups is 1. The van der Waals surface area contributed by atoms with Crippen molar-refractivity contribution in [2.75, 3.05) is 5.75 Å². The molecule has 0 saturated carbocycles. The Bertz CT molecular complexity index is 1470. The lowest BCUT2D eigenvalue weighted by molar-refractivity contribution is -0.130. The maximum Gasteiger partial charge on any atom is 0.253 e. The highest BCUT2D eigenvalue weighted by Gasteiger charge is 2.34. The molecule has 35 heavy (non-hydrogen) atoms. The van der Waals surface area contributed by atoms with Gasteiger partial charge in [-0.25, -0.2) is 9.40 Å². The number of hydrogen-bond acceptors (Lipinski definition) is 7. The van der Waals surface area contributed by atoms with E-state index in [0.717, 1.165) is 21.8 Å². The van der Waals surface area contributed by atoms with Gasteiger partial charge in [0, 0.05) is 23.6 Å². The Hall–Kier alpha value is -3.31. The van der Waals surface area contributed by atoms with Crippen molar-refractivity contribution in [3.05, 3.63) is 80.2 Å². The van der Waals surface area contributed by atoms with Crippen molar-refractivity contribution in [1.82, 2.24) is 24.6 Å². The molecule has 0 radical (unpaired) electrons. The molecular formula is C24H23FN6O2S2. The average Bonchev–Trinajstić information content (AvgIpc) is 3.56. The van der Waals surface area contributed by atoms with Gasteiger partial charge in [-0.2, -0.15) is 5.10 Å². The molecule has 1 aliphatic heterocycles. The van der Waals surface area contributed by atoms with Crippen LogP contribution in [0.1, 0.15) is 49.4 Å². The van der Waals surface area contributed by atoms with Crippen LogP contribution in [0.3, 0.4) is 0 Å². The maximum absolute atomic E-state index is 13.5. The van der Waals surface area contributed by atoms with Gasteiger partial charge >= 0.3 is 0 Å². The second-order valence-corrected chi connectivity index (χ2v) is 11.1. The number of fused-ring (bicyclic) bond motifs is 1. The second kappa shape index (κ2) is 9.04. The fourth-order valence-electron chi connectivity index (χ4n) is 4.02. The van der Waals surface area contributed by atoms with E-state index in [1.165, 1.54) is 35.0 Å². The zero-order valence-electron chi connectivity index (χ0n) is 19.4. The van der Waals surface area contributed by atoms with E-state index in [9.17, 15) is 14.0 Å². The molecule has 0 saturated heterocycles. The van der Waals surface area contributed by atoms with Crippen molar-refractivity contribution >= 4 is 40.5 Å². The van der Waals surface area contributed by atoms with Gasteiger partial charge in [0.05, 0.1) is 22.4 Å². The molecule has 0 spiro atoms. The van der Waals surface area contributed by atoms with Crippen LogP contribution >= 0.6 is 23.1 Å². The zero-order chi connectivity index (χ0) is 24.7. The molecule has 4 aromatic rings. The van der Waals surface area contributed by atoms with E-state index in [-0.39, 0.29) is 34.5 Å². The number of rotatable bonds is 5. The van der Waals surface area contributed by atoms with Crippen molar-refractivity contribution in [3.63, 3.8) is 0 Å². The molecular weight excluding hydrogens is 487 g/mol.